The number of ether oxygens (including phenoxy) is 1. The lowest BCUT2D eigenvalue weighted by Crippen LogP contribution is -2.21. The van der Waals surface area contributed by atoms with Gasteiger partial charge in [-0.1, -0.05) is 15.9 Å². The van der Waals surface area contributed by atoms with Crippen molar-refractivity contribution in [2.24, 2.45) is 0 Å². The quantitative estimate of drug-likeness (QED) is 0.610. The summed E-state index contributed by atoms with van der Waals surface area (Å²) in [6.07, 6.45) is 1.52. The number of Topliss-reactive ketones (excluding diaryl/α,β-unsaturated/α-hetero) is 1. The maximum atomic E-state index is 12.8. The molecule has 2 aromatic carbocycles. The van der Waals surface area contributed by atoms with Crippen LogP contribution in [0.3, 0.4) is 0 Å². The summed E-state index contributed by atoms with van der Waals surface area (Å²) < 4.78 is 7.98. The molecular weight excluding hydrogens is 384 g/mol. The smallest absolute Gasteiger partial charge is 0.261 e. The average Bonchev–Trinajstić information content (AvgIpc) is 2.59. The molecule has 0 atom stereocenters. The van der Waals surface area contributed by atoms with Crippen molar-refractivity contribution in [2.45, 2.75) is 20.4 Å². The van der Waals surface area contributed by atoms with E-state index >= 15 is 0 Å². The minimum atomic E-state index is -0.137. The number of nitrogens with zero attached hydrogens (tertiary/aromatic N) is 2. The normalized spacial score (nSPS) is 10.8. The molecule has 0 unspecified atom stereocenters. The lowest BCUT2D eigenvalue weighted by molar-refractivity contribution is 0.101. The fraction of sp³-hybridized carbons (Fsp3) is 0.211. The van der Waals surface area contributed by atoms with Crippen molar-refractivity contribution in [1.82, 2.24) is 9.55 Å². The van der Waals surface area contributed by atoms with Crippen LogP contribution in [-0.2, 0) is 6.54 Å². The van der Waals surface area contributed by atoms with Crippen LogP contribution in [0.4, 0.5) is 0 Å². The number of rotatable bonds is 5. The van der Waals surface area contributed by atoms with Gasteiger partial charge in [-0.2, -0.15) is 0 Å². The lowest BCUT2D eigenvalue weighted by Gasteiger charge is -2.13. The molecule has 3 rings (SSSR count). The number of benzene rings is 2. The summed E-state index contributed by atoms with van der Waals surface area (Å²) in [4.78, 5) is 28.8. The third-order valence-corrected chi connectivity index (χ3v) is 4.39. The number of carbonyl (C=O) groups excluding carboxylic acids is 1. The summed E-state index contributed by atoms with van der Waals surface area (Å²) in [5, 5.41) is 0.539. The zero-order valence-electron chi connectivity index (χ0n) is 14.0. The molecule has 0 spiro atoms. The third kappa shape index (κ3) is 3.64. The first-order valence-electron chi connectivity index (χ1n) is 7.91. The predicted octanol–water partition coefficient (Wildman–Crippen LogP) is 3.81. The maximum absolute atomic E-state index is 12.8. The van der Waals surface area contributed by atoms with Crippen molar-refractivity contribution in [2.75, 3.05) is 6.61 Å². The van der Waals surface area contributed by atoms with Crippen LogP contribution >= 0.6 is 15.9 Å². The van der Waals surface area contributed by atoms with E-state index in [0.29, 0.717) is 28.8 Å². The van der Waals surface area contributed by atoms with Crippen molar-refractivity contribution in [3.05, 3.63) is 68.7 Å². The molecule has 1 aromatic heterocycles. The van der Waals surface area contributed by atoms with Crippen molar-refractivity contribution in [3.63, 3.8) is 0 Å². The topological polar surface area (TPSA) is 61.2 Å². The summed E-state index contributed by atoms with van der Waals surface area (Å²) in [6, 6.07) is 10.7. The summed E-state index contributed by atoms with van der Waals surface area (Å²) in [7, 11) is 0. The van der Waals surface area contributed by atoms with Crippen LogP contribution in [-0.4, -0.2) is 21.9 Å². The molecule has 5 nitrogen and oxygen atoms in total. The van der Waals surface area contributed by atoms with Gasteiger partial charge in [-0.05, 0) is 50.2 Å². The first kappa shape index (κ1) is 17.4. The van der Waals surface area contributed by atoms with E-state index in [1.54, 1.807) is 30.3 Å². The number of hydrogen-bond acceptors (Lipinski definition) is 4. The molecule has 0 saturated carbocycles. The maximum Gasteiger partial charge on any atom is 0.261 e. The van der Waals surface area contributed by atoms with Gasteiger partial charge in [-0.15, -0.1) is 0 Å². The fourth-order valence-electron chi connectivity index (χ4n) is 2.65. The minimum absolute atomic E-state index is 0.0304. The minimum Gasteiger partial charge on any atom is -0.494 e. The van der Waals surface area contributed by atoms with Gasteiger partial charge in [0.25, 0.3) is 5.56 Å². The third-order valence-electron chi connectivity index (χ3n) is 3.89. The van der Waals surface area contributed by atoms with E-state index in [9.17, 15) is 9.59 Å². The second-order valence-corrected chi connectivity index (χ2v) is 6.57. The lowest BCUT2D eigenvalue weighted by atomic mass is 10.1. The van der Waals surface area contributed by atoms with Crippen LogP contribution in [0.1, 0.15) is 29.8 Å². The van der Waals surface area contributed by atoms with Gasteiger partial charge in [0.1, 0.15) is 5.75 Å². The fourth-order valence-corrected chi connectivity index (χ4v) is 3.01. The molecule has 0 saturated heterocycles. The molecular formula is C19H17BrN2O3. The molecule has 1 heterocycles. The van der Waals surface area contributed by atoms with Crippen LogP contribution in [0, 0.1) is 0 Å². The van der Waals surface area contributed by atoms with Crippen LogP contribution in [0.25, 0.3) is 10.9 Å². The predicted molar refractivity (Wildman–Crippen MR) is 100 cm³/mol. The Bertz CT molecular complexity index is 1010. The molecule has 0 aliphatic heterocycles. The first-order chi connectivity index (χ1) is 12.0. The van der Waals surface area contributed by atoms with Gasteiger partial charge >= 0.3 is 0 Å². The molecule has 25 heavy (non-hydrogen) atoms. The number of ketones is 1. The Labute approximate surface area is 153 Å². The Balaban J connectivity index is 2.08. The molecule has 0 bridgehead atoms. The number of aromatic nitrogens is 2. The van der Waals surface area contributed by atoms with Gasteiger partial charge in [0.2, 0.25) is 0 Å². The van der Waals surface area contributed by atoms with Gasteiger partial charge in [-0.3, -0.25) is 14.2 Å². The highest BCUT2D eigenvalue weighted by atomic mass is 79.9. The van der Waals surface area contributed by atoms with Crippen molar-refractivity contribution >= 4 is 32.6 Å². The van der Waals surface area contributed by atoms with Gasteiger partial charge in [-0.25, -0.2) is 4.98 Å². The first-order valence-corrected chi connectivity index (χ1v) is 8.70. The van der Waals surface area contributed by atoms with E-state index < -0.39 is 0 Å². The molecule has 128 valence electrons. The molecule has 0 N–H and O–H groups in total. The van der Waals surface area contributed by atoms with Crippen LogP contribution in [0.15, 0.2) is 52.0 Å². The molecule has 0 aliphatic rings. The van der Waals surface area contributed by atoms with Gasteiger partial charge < -0.3 is 4.74 Å². The summed E-state index contributed by atoms with van der Waals surface area (Å²) >= 11 is 3.38. The summed E-state index contributed by atoms with van der Waals surface area (Å²) in [6.45, 7) is 4.19. The van der Waals surface area contributed by atoms with Crippen molar-refractivity contribution in [3.8, 4) is 5.75 Å². The molecule has 0 fully saturated rings. The Morgan fingerprint density at radius 1 is 1.24 bits per heavy atom. The number of halogens is 1. The zero-order valence-corrected chi connectivity index (χ0v) is 15.5. The summed E-state index contributed by atoms with van der Waals surface area (Å²) in [5.74, 6) is 0.631. The van der Waals surface area contributed by atoms with Gasteiger partial charge in [0.05, 0.1) is 30.4 Å². The van der Waals surface area contributed by atoms with E-state index in [4.69, 9.17) is 4.74 Å². The van der Waals surface area contributed by atoms with Crippen LogP contribution in [0.5, 0.6) is 5.75 Å². The Kier molecular flexibility index (Phi) is 4.99. The van der Waals surface area contributed by atoms with Crippen molar-refractivity contribution in [1.29, 1.82) is 0 Å². The highest BCUT2D eigenvalue weighted by Gasteiger charge is 2.11. The zero-order chi connectivity index (χ0) is 18.0. The molecule has 0 amide bonds. The van der Waals surface area contributed by atoms with Crippen LogP contribution in [0.2, 0.25) is 0 Å². The highest BCUT2D eigenvalue weighted by Crippen LogP contribution is 2.22. The largest absolute Gasteiger partial charge is 0.494 e. The Morgan fingerprint density at radius 3 is 2.76 bits per heavy atom. The Hall–Kier alpha value is -2.47. The second kappa shape index (κ2) is 7.19. The van der Waals surface area contributed by atoms with E-state index in [1.807, 2.05) is 13.0 Å². The van der Waals surface area contributed by atoms with E-state index in [1.165, 1.54) is 17.8 Å². The SMILES string of the molecule is CCOc1ccc(C(C)=O)cc1Cn1cnc2ccc(Br)cc2c1=O. The van der Waals surface area contributed by atoms with Gasteiger partial charge in [0.15, 0.2) is 5.78 Å². The summed E-state index contributed by atoms with van der Waals surface area (Å²) in [5.41, 5.74) is 1.87. The van der Waals surface area contributed by atoms with Crippen LogP contribution < -0.4 is 10.3 Å². The monoisotopic (exact) mass is 400 g/mol. The molecule has 6 heteroatoms. The van der Waals surface area contributed by atoms with Gasteiger partial charge in [0, 0.05) is 15.6 Å². The Morgan fingerprint density at radius 2 is 2.04 bits per heavy atom. The second-order valence-electron chi connectivity index (χ2n) is 5.65. The molecule has 0 aliphatic carbocycles. The molecule has 3 aromatic rings. The molecule has 0 radical (unpaired) electrons. The van der Waals surface area contributed by atoms with E-state index in [2.05, 4.69) is 20.9 Å². The van der Waals surface area contributed by atoms with Crippen molar-refractivity contribution < 1.29 is 9.53 Å². The average molecular weight is 401 g/mol. The number of fused-ring (bicyclic) bond motifs is 1. The number of carbonyl (C=O) groups is 1. The standard InChI is InChI=1S/C19H17BrN2O3/c1-3-25-18-7-4-13(12(2)23)8-14(18)10-22-11-21-17-6-5-15(20)9-16(17)19(22)24/h4-9,11H,3,10H2,1-2H3. The van der Waals surface area contributed by atoms with E-state index in [-0.39, 0.29) is 17.9 Å². The number of hydrogen-bond donors (Lipinski definition) is 0. The highest BCUT2D eigenvalue weighted by molar-refractivity contribution is 9.10. The van der Waals surface area contributed by atoms with E-state index in [0.717, 1.165) is 10.0 Å².